The summed E-state index contributed by atoms with van der Waals surface area (Å²) in [5.74, 6) is 2.80. The molecule has 0 unspecified atom stereocenters. The van der Waals surface area contributed by atoms with Crippen LogP contribution in [0.4, 0.5) is 0 Å². The molecule has 4 aromatic rings. The number of hydrogen-bond acceptors (Lipinski definition) is 7. The summed E-state index contributed by atoms with van der Waals surface area (Å²) in [7, 11) is 1.63. The van der Waals surface area contributed by atoms with Gasteiger partial charge in [0.1, 0.15) is 18.5 Å². The number of nitrogens with one attached hydrogen (secondary N) is 1. The Hall–Kier alpha value is -3.98. The Morgan fingerprint density at radius 2 is 1.77 bits per heavy atom. The van der Waals surface area contributed by atoms with E-state index in [4.69, 9.17) is 14.2 Å². The van der Waals surface area contributed by atoms with E-state index in [0.29, 0.717) is 35.6 Å². The molecule has 1 aromatic heterocycles. The largest absolute Gasteiger partial charge is 0.496 e. The van der Waals surface area contributed by atoms with Crippen molar-refractivity contribution < 1.29 is 19.0 Å². The average Bonchev–Trinajstić information content (AvgIpc) is 3.34. The topological polar surface area (TPSA) is 87.5 Å². The third-order valence-corrected chi connectivity index (χ3v) is 6.35. The second kappa shape index (κ2) is 10.5. The van der Waals surface area contributed by atoms with Crippen molar-refractivity contribution in [1.29, 1.82) is 0 Å². The molecule has 1 atom stereocenters. The van der Waals surface area contributed by atoms with E-state index in [1.54, 1.807) is 7.11 Å². The summed E-state index contributed by atoms with van der Waals surface area (Å²) in [6.07, 6.45) is -0.246. The van der Waals surface area contributed by atoms with Crippen molar-refractivity contribution in [3.63, 3.8) is 0 Å². The molecule has 0 bridgehead atoms. The highest BCUT2D eigenvalue weighted by Gasteiger charge is 2.22. The van der Waals surface area contributed by atoms with Crippen molar-refractivity contribution in [2.24, 2.45) is 0 Å². The van der Waals surface area contributed by atoms with Crippen LogP contribution in [0.25, 0.3) is 17.1 Å². The fraction of sp³-hybridized carbons (Fsp3) is 0.192. The number of carbonyl (C=O) groups excluding carboxylic acids is 1. The number of methoxy groups -OCH3 is 1. The van der Waals surface area contributed by atoms with Gasteiger partial charge in [-0.2, -0.15) is 0 Å². The molecule has 1 amide bonds. The monoisotopic (exact) mass is 488 g/mol. The van der Waals surface area contributed by atoms with E-state index in [1.165, 1.54) is 11.8 Å². The van der Waals surface area contributed by atoms with Gasteiger partial charge in [0.15, 0.2) is 22.5 Å². The molecular formula is C26H24N4O4S. The number of thioether (sulfide) groups is 1. The van der Waals surface area contributed by atoms with Gasteiger partial charge >= 0.3 is 0 Å². The molecule has 8 nitrogen and oxygen atoms in total. The highest BCUT2D eigenvalue weighted by molar-refractivity contribution is 7.99. The molecule has 35 heavy (non-hydrogen) atoms. The van der Waals surface area contributed by atoms with Crippen LogP contribution < -0.4 is 19.5 Å². The number of rotatable bonds is 8. The molecule has 1 N–H and O–H groups in total. The Balaban J connectivity index is 1.28. The van der Waals surface area contributed by atoms with Crippen LogP contribution in [0.2, 0.25) is 0 Å². The minimum absolute atomic E-state index is 0.126. The molecule has 0 spiro atoms. The van der Waals surface area contributed by atoms with Gasteiger partial charge in [0, 0.05) is 5.69 Å². The smallest absolute Gasteiger partial charge is 0.230 e. The zero-order chi connectivity index (χ0) is 24.0. The van der Waals surface area contributed by atoms with E-state index >= 15 is 0 Å². The standard InChI is InChI=1S/C26H24N4O4S/c1-32-21-12-6-5-11-20(21)25-28-29-26(30(25)18-9-3-2-4-10-18)35-17-24(31)27-15-19-16-33-22-13-7-8-14-23(22)34-19/h2-14,19H,15-17H2,1H3,(H,27,31)/t19-/m0/s1. The maximum absolute atomic E-state index is 12.6. The fourth-order valence-corrected chi connectivity index (χ4v) is 4.53. The number of para-hydroxylation sites is 4. The molecule has 0 saturated heterocycles. The quantitative estimate of drug-likeness (QED) is 0.375. The maximum atomic E-state index is 12.6. The van der Waals surface area contributed by atoms with E-state index in [2.05, 4.69) is 15.5 Å². The molecule has 3 aromatic carbocycles. The van der Waals surface area contributed by atoms with Crippen molar-refractivity contribution in [3.05, 3.63) is 78.9 Å². The summed E-state index contributed by atoms with van der Waals surface area (Å²) in [6.45, 7) is 0.737. The summed E-state index contributed by atoms with van der Waals surface area (Å²) >= 11 is 1.32. The van der Waals surface area contributed by atoms with E-state index in [0.717, 1.165) is 17.0 Å². The third-order valence-electron chi connectivity index (χ3n) is 5.42. The SMILES string of the molecule is COc1ccccc1-c1nnc(SCC(=O)NC[C@H]2COc3ccccc3O2)n1-c1ccccc1. The number of ether oxygens (including phenoxy) is 3. The Labute approximate surface area is 207 Å². The van der Waals surface area contributed by atoms with Crippen LogP contribution in [-0.4, -0.2) is 52.8 Å². The highest BCUT2D eigenvalue weighted by atomic mass is 32.2. The van der Waals surface area contributed by atoms with E-state index in [9.17, 15) is 4.79 Å². The van der Waals surface area contributed by atoms with Crippen molar-refractivity contribution in [1.82, 2.24) is 20.1 Å². The van der Waals surface area contributed by atoms with Crippen LogP contribution in [0.5, 0.6) is 17.2 Å². The molecular weight excluding hydrogens is 464 g/mol. The molecule has 0 saturated carbocycles. The normalized spacial score (nSPS) is 14.4. The molecule has 1 aliphatic heterocycles. The van der Waals surface area contributed by atoms with Gasteiger partial charge in [0.05, 0.1) is 25.0 Å². The maximum Gasteiger partial charge on any atom is 0.230 e. The number of amides is 1. The third kappa shape index (κ3) is 5.09. The first kappa shape index (κ1) is 22.8. The number of carbonyl (C=O) groups is 1. The molecule has 0 fully saturated rings. The van der Waals surface area contributed by atoms with E-state index in [-0.39, 0.29) is 17.8 Å². The van der Waals surface area contributed by atoms with Crippen LogP contribution in [0.15, 0.2) is 84.0 Å². The van der Waals surface area contributed by atoms with Gasteiger partial charge in [-0.05, 0) is 36.4 Å². The molecule has 178 valence electrons. The first-order valence-corrected chi connectivity index (χ1v) is 12.1. The number of fused-ring (bicyclic) bond motifs is 1. The molecule has 0 aliphatic carbocycles. The Bertz CT molecular complexity index is 1310. The van der Waals surface area contributed by atoms with Crippen LogP contribution in [0.1, 0.15) is 0 Å². The molecule has 2 heterocycles. The fourth-order valence-electron chi connectivity index (χ4n) is 3.75. The summed E-state index contributed by atoms with van der Waals surface area (Å²) in [4.78, 5) is 12.6. The zero-order valence-corrected chi connectivity index (χ0v) is 19.9. The van der Waals surface area contributed by atoms with Gasteiger partial charge in [-0.15, -0.1) is 10.2 Å². The lowest BCUT2D eigenvalue weighted by Crippen LogP contribution is -2.41. The summed E-state index contributed by atoms with van der Waals surface area (Å²) in [5.41, 5.74) is 1.71. The van der Waals surface area contributed by atoms with Crippen molar-refractivity contribution in [2.45, 2.75) is 11.3 Å². The van der Waals surface area contributed by atoms with Crippen molar-refractivity contribution in [3.8, 4) is 34.3 Å². The van der Waals surface area contributed by atoms with Gasteiger partial charge < -0.3 is 19.5 Å². The number of nitrogens with zero attached hydrogens (tertiary/aromatic N) is 3. The number of benzene rings is 3. The Morgan fingerprint density at radius 3 is 2.60 bits per heavy atom. The lowest BCUT2D eigenvalue weighted by Gasteiger charge is -2.26. The van der Waals surface area contributed by atoms with E-state index in [1.807, 2.05) is 83.4 Å². The van der Waals surface area contributed by atoms with Gasteiger partial charge in [0.2, 0.25) is 5.91 Å². The van der Waals surface area contributed by atoms with Crippen LogP contribution >= 0.6 is 11.8 Å². The first-order valence-electron chi connectivity index (χ1n) is 11.1. The second-order valence-electron chi connectivity index (χ2n) is 7.77. The predicted octanol–water partition coefficient (Wildman–Crippen LogP) is 3.99. The first-order chi connectivity index (χ1) is 17.2. The molecule has 5 rings (SSSR count). The summed E-state index contributed by atoms with van der Waals surface area (Å²) in [5, 5.41) is 12.4. The predicted molar refractivity (Wildman–Crippen MR) is 133 cm³/mol. The summed E-state index contributed by atoms with van der Waals surface area (Å²) < 4.78 is 19.1. The Morgan fingerprint density at radius 1 is 1.03 bits per heavy atom. The lowest BCUT2D eigenvalue weighted by molar-refractivity contribution is -0.119. The van der Waals surface area contributed by atoms with Gasteiger partial charge in [-0.3, -0.25) is 9.36 Å². The van der Waals surface area contributed by atoms with Crippen LogP contribution in [0, 0.1) is 0 Å². The lowest BCUT2D eigenvalue weighted by atomic mass is 10.2. The van der Waals surface area contributed by atoms with E-state index < -0.39 is 0 Å². The minimum Gasteiger partial charge on any atom is -0.496 e. The molecule has 0 radical (unpaired) electrons. The van der Waals surface area contributed by atoms with Crippen LogP contribution in [0.3, 0.4) is 0 Å². The van der Waals surface area contributed by atoms with Gasteiger partial charge in [-0.1, -0.05) is 54.2 Å². The Kier molecular flexibility index (Phi) is 6.85. The number of aromatic nitrogens is 3. The zero-order valence-electron chi connectivity index (χ0n) is 19.1. The molecule has 1 aliphatic rings. The van der Waals surface area contributed by atoms with Crippen LogP contribution in [-0.2, 0) is 4.79 Å². The van der Waals surface area contributed by atoms with Crippen molar-refractivity contribution in [2.75, 3.05) is 26.0 Å². The molecule has 9 heteroatoms. The summed E-state index contributed by atoms with van der Waals surface area (Å²) in [6, 6.07) is 25.0. The average molecular weight is 489 g/mol. The highest BCUT2D eigenvalue weighted by Crippen LogP contribution is 2.33. The second-order valence-corrected chi connectivity index (χ2v) is 8.71. The van der Waals surface area contributed by atoms with Crippen molar-refractivity contribution >= 4 is 17.7 Å². The number of hydrogen-bond donors (Lipinski definition) is 1. The van der Waals surface area contributed by atoms with Gasteiger partial charge in [-0.25, -0.2) is 0 Å². The minimum atomic E-state index is -0.246. The van der Waals surface area contributed by atoms with Gasteiger partial charge in [0.25, 0.3) is 0 Å².